The number of rotatable bonds is 4. The average Bonchev–Trinajstić information content (AvgIpc) is 3.18. The molecule has 4 nitrogen and oxygen atoms in total. The van der Waals surface area contributed by atoms with E-state index in [1.165, 1.54) is 6.07 Å². The van der Waals surface area contributed by atoms with Gasteiger partial charge in [-0.05, 0) is 36.8 Å². The molecule has 1 aliphatic carbocycles. The van der Waals surface area contributed by atoms with Crippen molar-refractivity contribution in [2.45, 2.75) is 43.8 Å². The van der Waals surface area contributed by atoms with E-state index < -0.39 is 17.7 Å². The maximum atomic E-state index is 12.8. The first-order valence-electron chi connectivity index (χ1n) is 7.97. The highest BCUT2D eigenvalue weighted by atomic mass is 19.4. The molecule has 1 N–H and O–H groups in total. The van der Waals surface area contributed by atoms with Gasteiger partial charge in [0.25, 0.3) is 0 Å². The molecule has 1 amide bonds. The Hall–Kier alpha value is -2.05. The van der Waals surface area contributed by atoms with Gasteiger partial charge in [0.1, 0.15) is 0 Å². The summed E-state index contributed by atoms with van der Waals surface area (Å²) in [5.74, 6) is -1.60. The van der Waals surface area contributed by atoms with Crippen LogP contribution in [0.3, 0.4) is 0 Å². The molecule has 0 spiro atoms. The zero-order valence-corrected chi connectivity index (χ0v) is 12.9. The van der Waals surface area contributed by atoms with Gasteiger partial charge < -0.3 is 10.0 Å². The number of benzene rings is 1. The number of hydrogen-bond donors (Lipinski definition) is 1. The van der Waals surface area contributed by atoms with E-state index in [0.717, 1.165) is 18.6 Å². The number of hydrogen-bond acceptors (Lipinski definition) is 2. The van der Waals surface area contributed by atoms with Gasteiger partial charge in [0.2, 0.25) is 5.91 Å². The monoisotopic (exact) mass is 341 g/mol. The van der Waals surface area contributed by atoms with Crippen LogP contribution in [0.2, 0.25) is 0 Å². The van der Waals surface area contributed by atoms with Crippen molar-refractivity contribution in [3.63, 3.8) is 0 Å². The van der Waals surface area contributed by atoms with Crippen molar-refractivity contribution in [2.75, 3.05) is 6.54 Å². The third-order valence-electron chi connectivity index (χ3n) is 4.82. The van der Waals surface area contributed by atoms with E-state index in [0.29, 0.717) is 24.9 Å². The molecule has 1 aliphatic heterocycles. The molecule has 24 heavy (non-hydrogen) atoms. The van der Waals surface area contributed by atoms with Crippen LogP contribution >= 0.6 is 0 Å². The second-order valence-electron chi connectivity index (χ2n) is 6.50. The van der Waals surface area contributed by atoms with Gasteiger partial charge in [0.05, 0.1) is 12.0 Å². The summed E-state index contributed by atoms with van der Waals surface area (Å²) in [7, 11) is 0. The SMILES string of the molecule is O=C(O)CC1CCCN1C(=O)C1CC1c1cccc(C(F)(F)F)c1. The fourth-order valence-electron chi connectivity index (χ4n) is 3.53. The van der Waals surface area contributed by atoms with Gasteiger partial charge in [-0.1, -0.05) is 18.2 Å². The Bertz CT molecular complexity index is 659. The van der Waals surface area contributed by atoms with Gasteiger partial charge in [-0.3, -0.25) is 9.59 Å². The highest BCUT2D eigenvalue weighted by molar-refractivity contribution is 5.84. The molecule has 0 radical (unpaired) electrons. The predicted molar refractivity (Wildman–Crippen MR) is 79.3 cm³/mol. The number of aliphatic carboxylic acids is 1. The molecule has 3 atom stereocenters. The zero-order chi connectivity index (χ0) is 17.5. The maximum absolute atomic E-state index is 12.8. The quantitative estimate of drug-likeness (QED) is 0.914. The lowest BCUT2D eigenvalue weighted by Crippen LogP contribution is -2.38. The fourth-order valence-corrected chi connectivity index (χ4v) is 3.53. The number of nitrogens with zero attached hydrogens (tertiary/aromatic N) is 1. The van der Waals surface area contributed by atoms with E-state index in [1.54, 1.807) is 11.0 Å². The highest BCUT2D eigenvalue weighted by Gasteiger charge is 2.48. The van der Waals surface area contributed by atoms with Crippen LogP contribution in [0.25, 0.3) is 0 Å². The Labute approximate surface area is 137 Å². The van der Waals surface area contributed by atoms with Crippen LogP contribution in [0.4, 0.5) is 13.2 Å². The third kappa shape index (κ3) is 3.39. The molecule has 0 aromatic heterocycles. The molecular weight excluding hydrogens is 323 g/mol. The lowest BCUT2D eigenvalue weighted by molar-refractivity contribution is -0.140. The molecule has 0 bridgehead atoms. The molecule has 1 aromatic rings. The molecule has 1 saturated carbocycles. The standard InChI is InChI=1S/C17H18F3NO3/c18-17(19,20)11-4-1-3-10(7-11)13-9-14(13)16(24)21-6-2-5-12(21)8-15(22)23/h1,3-4,7,12-14H,2,5-6,8-9H2,(H,22,23). The molecule has 1 saturated heterocycles. The third-order valence-corrected chi connectivity index (χ3v) is 4.82. The second kappa shape index (κ2) is 6.11. The number of carbonyl (C=O) groups excluding carboxylic acids is 1. The van der Waals surface area contributed by atoms with E-state index in [2.05, 4.69) is 0 Å². The van der Waals surface area contributed by atoms with Gasteiger partial charge in [0, 0.05) is 18.5 Å². The first kappa shape index (κ1) is 16.8. The second-order valence-corrected chi connectivity index (χ2v) is 6.50. The number of likely N-dealkylation sites (tertiary alicyclic amines) is 1. The summed E-state index contributed by atoms with van der Waals surface area (Å²) >= 11 is 0. The minimum absolute atomic E-state index is 0.0767. The summed E-state index contributed by atoms with van der Waals surface area (Å²) < 4.78 is 38.4. The molecular formula is C17H18F3NO3. The van der Waals surface area contributed by atoms with Crippen LogP contribution in [-0.2, 0) is 15.8 Å². The van der Waals surface area contributed by atoms with E-state index in [1.807, 2.05) is 0 Å². The van der Waals surface area contributed by atoms with Crippen LogP contribution < -0.4 is 0 Å². The smallest absolute Gasteiger partial charge is 0.416 e. The van der Waals surface area contributed by atoms with Crippen LogP contribution in [0.5, 0.6) is 0 Å². The number of amides is 1. The summed E-state index contributed by atoms with van der Waals surface area (Å²) in [4.78, 5) is 25.1. The molecule has 2 fully saturated rings. The predicted octanol–water partition coefficient (Wildman–Crippen LogP) is 3.27. The lowest BCUT2D eigenvalue weighted by Gasteiger charge is -2.23. The van der Waals surface area contributed by atoms with Crippen molar-refractivity contribution < 1.29 is 27.9 Å². The Morgan fingerprint density at radius 1 is 1.29 bits per heavy atom. The molecule has 7 heteroatoms. The first-order valence-corrected chi connectivity index (χ1v) is 7.97. The summed E-state index contributed by atoms with van der Waals surface area (Å²) in [6.07, 6.45) is -2.52. The zero-order valence-electron chi connectivity index (χ0n) is 12.9. The molecule has 3 unspecified atom stereocenters. The van der Waals surface area contributed by atoms with Crippen LogP contribution in [0, 0.1) is 5.92 Å². The first-order chi connectivity index (χ1) is 11.3. The molecule has 1 aromatic carbocycles. The Balaban J connectivity index is 1.69. The number of alkyl halides is 3. The number of carbonyl (C=O) groups is 2. The Morgan fingerprint density at radius 2 is 2.04 bits per heavy atom. The van der Waals surface area contributed by atoms with Crippen molar-refractivity contribution >= 4 is 11.9 Å². The van der Waals surface area contributed by atoms with E-state index >= 15 is 0 Å². The Morgan fingerprint density at radius 3 is 2.71 bits per heavy atom. The van der Waals surface area contributed by atoms with Gasteiger partial charge in [-0.2, -0.15) is 13.2 Å². The molecule has 2 aliphatic rings. The number of carboxylic acids is 1. The van der Waals surface area contributed by atoms with Crippen LogP contribution in [0.1, 0.15) is 42.7 Å². The summed E-state index contributed by atoms with van der Waals surface area (Å²) in [6, 6.07) is 4.81. The van der Waals surface area contributed by atoms with Gasteiger partial charge >= 0.3 is 12.1 Å². The fraction of sp³-hybridized carbons (Fsp3) is 0.529. The van der Waals surface area contributed by atoms with Gasteiger partial charge in [0.15, 0.2) is 0 Å². The molecule has 3 rings (SSSR count). The van der Waals surface area contributed by atoms with Crippen molar-refractivity contribution in [3.8, 4) is 0 Å². The van der Waals surface area contributed by atoms with E-state index in [4.69, 9.17) is 5.11 Å². The maximum Gasteiger partial charge on any atom is 0.416 e. The lowest BCUT2D eigenvalue weighted by atomic mass is 10.0. The van der Waals surface area contributed by atoms with Crippen molar-refractivity contribution in [1.29, 1.82) is 0 Å². The largest absolute Gasteiger partial charge is 0.481 e. The van der Waals surface area contributed by atoms with Crippen LogP contribution in [0.15, 0.2) is 24.3 Å². The van der Waals surface area contributed by atoms with Crippen molar-refractivity contribution in [1.82, 2.24) is 4.90 Å². The highest BCUT2D eigenvalue weighted by Crippen LogP contribution is 2.50. The number of halogens is 3. The topological polar surface area (TPSA) is 57.6 Å². The van der Waals surface area contributed by atoms with Crippen LogP contribution in [-0.4, -0.2) is 34.5 Å². The summed E-state index contributed by atoms with van der Waals surface area (Å²) in [6.45, 7) is 0.530. The van der Waals surface area contributed by atoms with E-state index in [-0.39, 0.29) is 30.2 Å². The van der Waals surface area contributed by atoms with Gasteiger partial charge in [-0.25, -0.2) is 0 Å². The summed E-state index contributed by atoms with van der Waals surface area (Å²) in [5, 5.41) is 8.92. The van der Waals surface area contributed by atoms with Crippen molar-refractivity contribution in [2.24, 2.45) is 5.92 Å². The average molecular weight is 341 g/mol. The molecule has 1 heterocycles. The normalized spacial score (nSPS) is 26.5. The van der Waals surface area contributed by atoms with E-state index in [9.17, 15) is 22.8 Å². The molecule has 130 valence electrons. The minimum atomic E-state index is -4.40. The van der Waals surface area contributed by atoms with Gasteiger partial charge in [-0.15, -0.1) is 0 Å². The Kier molecular flexibility index (Phi) is 4.27. The minimum Gasteiger partial charge on any atom is -0.481 e. The summed E-state index contributed by atoms with van der Waals surface area (Å²) in [5.41, 5.74) is -0.180. The number of carboxylic acid groups (broad SMARTS) is 1. The van der Waals surface area contributed by atoms with Crippen molar-refractivity contribution in [3.05, 3.63) is 35.4 Å².